The van der Waals surface area contributed by atoms with E-state index < -0.39 is 0 Å². The molecule has 0 aliphatic heterocycles. The van der Waals surface area contributed by atoms with Crippen molar-refractivity contribution in [2.45, 2.75) is 0 Å². The van der Waals surface area contributed by atoms with Gasteiger partial charge in [-0.05, 0) is 36.0 Å². The van der Waals surface area contributed by atoms with Gasteiger partial charge >= 0.3 is 0 Å². The second kappa shape index (κ2) is 6.85. The summed E-state index contributed by atoms with van der Waals surface area (Å²) in [7, 11) is 0. The Balaban J connectivity index is 1.69. The molecule has 0 fully saturated rings. The van der Waals surface area contributed by atoms with E-state index in [2.05, 4.69) is 25.5 Å². The molecule has 0 saturated heterocycles. The minimum Gasteiger partial charge on any atom is -0.274 e. The summed E-state index contributed by atoms with van der Waals surface area (Å²) in [5.41, 5.74) is 3.05. The molecule has 6 nitrogen and oxygen atoms in total. The van der Waals surface area contributed by atoms with E-state index in [-0.39, 0.29) is 5.82 Å². The second-order valence-corrected chi connectivity index (χ2v) is 5.88. The molecule has 128 valence electrons. The molecule has 4 rings (SSSR count). The highest BCUT2D eigenvalue weighted by Crippen LogP contribution is 2.22. The molecule has 26 heavy (non-hydrogen) atoms. The fourth-order valence-electron chi connectivity index (χ4n) is 2.48. The lowest BCUT2D eigenvalue weighted by Gasteiger charge is -1.98. The Bertz CT molecular complexity index is 1130. The molecule has 8 heteroatoms. The first-order valence-corrected chi connectivity index (χ1v) is 8.20. The zero-order valence-corrected chi connectivity index (χ0v) is 14.2. The fraction of sp³-hybridized carbons (Fsp3) is 0. The molecule has 0 atom stereocenters. The number of nitrogens with one attached hydrogen (secondary N) is 2. The van der Waals surface area contributed by atoms with Gasteiger partial charge in [0.15, 0.2) is 0 Å². The van der Waals surface area contributed by atoms with E-state index in [1.54, 1.807) is 12.1 Å². The van der Waals surface area contributed by atoms with Crippen LogP contribution in [0.1, 0.15) is 5.56 Å². The average Bonchev–Trinajstić information content (AvgIpc) is 3.28. The van der Waals surface area contributed by atoms with Crippen molar-refractivity contribution in [3.05, 3.63) is 76.8 Å². The number of hydrogen-bond acceptors (Lipinski definition) is 4. The van der Waals surface area contributed by atoms with Crippen LogP contribution in [0.3, 0.4) is 0 Å². The molecule has 2 aromatic carbocycles. The first-order valence-electron chi connectivity index (χ1n) is 7.79. The number of H-pyrrole nitrogens is 2. The van der Waals surface area contributed by atoms with Crippen LogP contribution in [0.15, 0.2) is 65.8 Å². The lowest BCUT2D eigenvalue weighted by Crippen LogP contribution is -1.95. The number of halogens is 1. The first-order chi connectivity index (χ1) is 12.7. The molecule has 0 aliphatic carbocycles. The third-order valence-electron chi connectivity index (χ3n) is 3.71. The Morgan fingerprint density at radius 1 is 1.00 bits per heavy atom. The van der Waals surface area contributed by atoms with Crippen LogP contribution in [0.4, 0.5) is 4.39 Å². The lowest BCUT2D eigenvalue weighted by molar-refractivity contribution is 0.627. The number of benzene rings is 2. The van der Waals surface area contributed by atoms with E-state index in [9.17, 15) is 4.39 Å². The molecule has 0 spiro atoms. The van der Waals surface area contributed by atoms with Gasteiger partial charge in [0.2, 0.25) is 10.6 Å². The Kier molecular flexibility index (Phi) is 4.24. The monoisotopic (exact) mass is 364 g/mol. The quantitative estimate of drug-likeness (QED) is 0.424. The summed E-state index contributed by atoms with van der Waals surface area (Å²) in [6.07, 6.45) is 1.52. The summed E-state index contributed by atoms with van der Waals surface area (Å²) in [6, 6.07) is 17.8. The third-order valence-corrected chi connectivity index (χ3v) is 3.97. The van der Waals surface area contributed by atoms with Crippen molar-refractivity contribution in [2.75, 3.05) is 0 Å². The van der Waals surface area contributed by atoms with Crippen LogP contribution < -0.4 is 0 Å². The van der Waals surface area contributed by atoms with Gasteiger partial charge in [0, 0.05) is 5.56 Å². The average molecular weight is 364 g/mol. The van der Waals surface area contributed by atoms with Crippen molar-refractivity contribution < 1.29 is 4.39 Å². The topological polar surface area (TPSA) is 74.7 Å². The van der Waals surface area contributed by atoms with Crippen LogP contribution in [0.2, 0.25) is 0 Å². The van der Waals surface area contributed by atoms with E-state index in [4.69, 9.17) is 12.2 Å². The van der Waals surface area contributed by atoms with Crippen LogP contribution in [-0.2, 0) is 0 Å². The fourth-order valence-corrected chi connectivity index (χ4v) is 2.66. The van der Waals surface area contributed by atoms with Crippen LogP contribution in [-0.4, -0.2) is 31.3 Å². The van der Waals surface area contributed by atoms with Crippen molar-refractivity contribution in [1.29, 1.82) is 0 Å². The smallest absolute Gasteiger partial charge is 0.216 e. The number of nitrogens with zero attached hydrogens (tertiary/aromatic N) is 4. The SMILES string of the molecule is Fc1cccc(/C=N/n2c(-c3cc(-c4ccccc4)n[nH]3)n[nH]c2=S)c1. The van der Waals surface area contributed by atoms with Crippen molar-refractivity contribution in [1.82, 2.24) is 25.1 Å². The molecule has 2 heterocycles. The highest BCUT2D eigenvalue weighted by molar-refractivity contribution is 7.71. The van der Waals surface area contributed by atoms with Crippen LogP contribution in [0, 0.1) is 10.6 Å². The maximum absolute atomic E-state index is 13.3. The van der Waals surface area contributed by atoms with E-state index in [1.807, 2.05) is 36.4 Å². The summed E-state index contributed by atoms with van der Waals surface area (Å²) >= 11 is 5.24. The van der Waals surface area contributed by atoms with Gasteiger partial charge in [0.25, 0.3) is 0 Å². The second-order valence-electron chi connectivity index (χ2n) is 5.50. The summed E-state index contributed by atoms with van der Waals surface area (Å²) < 4.78 is 15.1. The number of aromatic nitrogens is 5. The minimum absolute atomic E-state index is 0.323. The van der Waals surface area contributed by atoms with Gasteiger partial charge in [-0.3, -0.25) is 5.10 Å². The Labute approximate surface area is 153 Å². The molecule has 2 aromatic heterocycles. The molecule has 0 radical (unpaired) electrons. The summed E-state index contributed by atoms with van der Waals surface area (Å²) in [5, 5.41) is 18.5. The zero-order chi connectivity index (χ0) is 17.9. The lowest BCUT2D eigenvalue weighted by atomic mass is 10.1. The van der Waals surface area contributed by atoms with Crippen LogP contribution in [0.25, 0.3) is 22.8 Å². The molecular weight excluding hydrogens is 351 g/mol. The molecule has 0 bridgehead atoms. The van der Waals surface area contributed by atoms with Gasteiger partial charge < -0.3 is 0 Å². The van der Waals surface area contributed by atoms with Crippen LogP contribution >= 0.6 is 12.2 Å². The van der Waals surface area contributed by atoms with E-state index >= 15 is 0 Å². The first kappa shape index (κ1) is 16.1. The standard InChI is InChI=1S/C18H13FN6S/c19-14-8-4-5-12(9-14)11-20-25-17(23-24-18(25)26)16-10-15(21-22-16)13-6-2-1-3-7-13/h1-11H,(H,21,22)(H,24,26)/b20-11+. The van der Waals surface area contributed by atoms with Crippen molar-refractivity contribution in [3.63, 3.8) is 0 Å². The maximum Gasteiger partial charge on any atom is 0.216 e. The molecule has 0 aliphatic rings. The van der Waals surface area contributed by atoms with Gasteiger partial charge in [-0.2, -0.15) is 20.0 Å². The normalized spacial score (nSPS) is 11.3. The summed E-state index contributed by atoms with van der Waals surface area (Å²) in [6.45, 7) is 0. The highest BCUT2D eigenvalue weighted by atomic mass is 32.1. The third kappa shape index (κ3) is 3.22. The molecule has 0 saturated carbocycles. The van der Waals surface area contributed by atoms with Gasteiger partial charge in [-0.1, -0.05) is 42.5 Å². The number of rotatable bonds is 4. The van der Waals surface area contributed by atoms with Crippen molar-refractivity contribution in [2.24, 2.45) is 5.10 Å². The highest BCUT2D eigenvalue weighted by Gasteiger charge is 2.12. The molecule has 0 amide bonds. The Morgan fingerprint density at radius 2 is 1.85 bits per heavy atom. The molecular formula is C18H13FN6S. The Morgan fingerprint density at radius 3 is 2.65 bits per heavy atom. The van der Waals surface area contributed by atoms with E-state index in [1.165, 1.54) is 23.0 Å². The van der Waals surface area contributed by atoms with Gasteiger partial charge in [-0.15, -0.1) is 0 Å². The van der Waals surface area contributed by atoms with Gasteiger partial charge in [0.1, 0.15) is 11.5 Å². The molecule has 2 N–H and O–H groups in total. The van der Waals surface area contributed by atoms with Crippen molar-refractivity contribution in [3.8, 4) is 22.8 Å². The predicted molar refractivity (Wildman–Crippen MR) is 99.8 cm³/mol. The molecule has 4 aromatic rings. The summed E-state index contributed by atoms with van der Waals surface area (Å²) in [4.78, 5) is 0. The van der Waals surface area contributed by atoms with Crippen LogP contribution in [0.5, 0.6) is 0 Å². The van der Waals surface area contributed by atoms with Gasteiger partial charge in [-0.25, -0.2) is 9.49 Å². The number of hydrogen-bond donors (Lipinski definition) is 2. The number of aromatic amines is 2. The maximum atomic E-state index is 13.3. The Hall–Kier alpha value is -3.39. The van der Waals surface area contributed by atoms with Gasteiger partial charge in [0.05, 0.1) is 11.9 Å². The zero-order valence-electron chi connectivity index (χ0n) is 13.4. The molecule has 0 unspecified atom stereocenters. The predicted octanol–water partition coefficient (Wildman–Crippen LogP) is 4.02. The van der Waals surface area contributed by atoms with Crippen molar-refractivity contribution >= 4 is 18.4 Å². The largest absolute Gasteiger partial charge is 0.274 e. The minimum atomic E-state index is -0.328. The van der Waals surface area contributed by atoms with E-state index in [0.717, 1.165) is 11.3 Å². The van der Waals surface area contributed by atoms with E-state index in [0.29, 0.717) is 21.9 Å². The summed E-state index contributed by atoms with van der Waals surface area (Å²) in [5.74, 6) is 0.156.